The van der Waals surface area contributed by atoms with E-state index in [4.69, 9.17) is 11.6 Å². The Hall–Kier alpha value is -2.84. The minimum Gasteiger partial charge on any atom is -0.338 e. The highest BCUT2D eigenvalue weighted by molar-refractivity contribution is 6.30. The molecular weight excluding hydrogens is 388 g/mol. The zero-order valence-electron chi connectivity index (χ0n) is 16.5. The van der Waals surface area contributed by atoms with Crippen LogP contribution in [-0.2, 0) is 6.42 Å². The quantitative estimate of drug-likeness (QED) is 0.687. The monoisotopic (exact) mass is 410 g/mol. The molecule has 1 aliphatic heterocycles. The summed E-state index contributed by atoms with van der Waals surface area (Å²) in [5.74, 6) is 2.33. The summed E-state index contributed by atoms with van der Waals surface area (Å²) in [7, 11) is 2.13. The first-order valence-electron chi connectivity index (χ1n) is 9.65. The standard InChI is InChI=1S/C20H23ClN8/c1-3-17-24-19(27-20(25-17)29-12-10-28(2)11-13-29)26-18-22-9-8-16(23-18)14-4-6-15(21)7-5-14/h4-9H,3,10-13H2,1-2H3,(H,22,23,24,25,26,27). The molecule has 3 heterocycles. The van der Waals surface area contributed by atoms with Crippen LogP contribution in [-0.4, -0.2) is 63.0 Å². The van der Waals surface area contributed by atoms with Crippen LogP contribution < -0.4 is 10.2 Å². The average molecular weight is 411 g/mol. The van der Waals surface area contributed by atoms with Gasteiger partial charge in [-0.15, -0.1) is 0 Å². The van der Waals surface area contributed by atoms with Gasteiger partial charge >= 0.3 is 0 Å². The van der Waals surface area contributed by atoms with E-state index in [-0.39, 0.29) is 0 Å². The fourth-order valence-electron chi connectivity index (χ4n) is 3.07. The molecule has 0 atom stereocenters. The third-order valence-electron chi connectivity index (χ3n) is 4.79. The molecule has 4 rings (SSSR count). The number of aryl methyl sites for hydroxylation is 1. The topological polar surface area (TPSA) is 83.0 Å². The van der Waals surface area contributed by atoms with Crippen molar-refractivity contribution < 1.29 is 0 Å². The second kappa shape index (κ2) is 8.67. The zero-order valence-corrected chi connectivity index (χ0v) is 17.3. The Kier molecular flexibility index (Phi) is 5.82. The first-order valence-corrected chi connectivity index (χ1v) is 10.0. The largest absolute Gasteiger partial charge is 0.338 e. The summed E-state index contributed by atoms with van der Waals surface area (Å²) in [6.07, 6.45) is 2.44. The number of hydrogen-bond donors (Lipinski definition) is 1. The molecule has 2 aromatic heterocycles. The molecule has 0 unspecified atom stereocenters. The molecule has 0 saturated carbocycles. The fraction of sp³-hybridized carbons (Fsp3) is 0.350. The second-order valence-electron chi connectivity index (χ2n) is 6.92. The molecule has 1 aliphatic rings. The number of anilines is 3. The average Bonchev–Trinajstić information content (AvgIpc) is 2.74. The Labute approximate surface area is 175 Å². The van der Waals surface area contributed by atoms with Crippen LogP contribution in [0.5, 0.6) is 0 Å². The lowest BCUT2D eigenvalue weighted by Crippen LogP contribution is -2.45. The van der Waals surface area contributed by atoms with Crippen molar-refractivity contribution in [1.82, 2.24) is 29.8 Å². The summed E-state index contributed by atoms with van der Waals surface area (Å²) in [5, 5.41) is 3.83. The number of nitrogens with one attached hydrogen (secondary N) is 1. The maximum Gasteiger partial charge on any atom is 0.234 e. The molecule has 1 fully saturated rings. The Balaban J connectivity index is 1.58. The van der Waals surface area contributed by atoms with Gasteiger partial charge in [0.15, 0.2) is 0 Å². The van der Waals surface area contributed by atoms with Crippen molar-refractivity contribution in [3.8, 4) is 11.3 Å². The van der Waals surface area contributed by atoms with Gasteiger partial charge in [-0.3, -0.25) is 5.32 Å². The minimum absolute atomic E-state index is 0.440. The molecule has 0 amide bonds. The van der Waals surface area contributed by atoms with E-state index in [1.807, 2.05) is 37.3 Å². The van der Waals surface area contributed by atoms with Crippen molar-refractivity contribution in [1.29, 1.82) is 0 Å². The van der Waals surface area contributed by atoms with Crippen LogP contribution in [0.1, 0.15) is 12.7 Å². The molecule has 150 valence electrons. The van der Waals surface area contributed by atoms with Crippen molar-refractivity contribution in [3.05, 3.63) is 47.4 Å². The zero-order chi connectivity index (χ0) is 20.2. The molecule has 1 N–H and O–H groups in total. The fourth-order valence-corrected chi connectivity index (χ4v) is 3.20. The van der Waals surface area contributed by atoms with E-state index < -0.39 is 0 Å². The summed E-state index contributed by atoms with van der Waals surface area (Å²) in [4.78, 5) is 27.1. The summed E-state index contributed by atoms with van der Waals surface area (Å²) in [5.41, 5.74) is 1.76. The summed E-state index contributed by atoms with van der Waals surface area (Å²) >= 11 is 5.98. The summed E-state index contributed by atoms with van der Waals surface area (Å²) in [6.45, 7) is 5.80. The number of rotatable bonds is 5. The molecule has 0 spiro atoms. The van der Waals surface area contributed by atoms with E-state index >= 15 is 0 Å². The minimum atomic E-state index is 0.440. The molecule has 1 saturated heterocycles. The number of nitrogens with zero attached hydrogens (tertiary/aromatic N) is 7. The smallest absolute Gasteiger partial charge is 0.234 e. The van der Waals surface area contributed by atoms with Crippen LogP contribution in [0.15, 0.2) is 36.5 Å². The number of aromatic nitrogens is 5. The van der Waals surface area contributed by atoms with Crippen molar-refractivity contribution in [3.63, 3.8) is 0 Å². The molecule has 3 aromatic rings. The number of hydrogen-bond acceptors (Lipinski definition) is 8. The van der Waals surface area contributed by atoms with Gasteiger partial charge in [-0.2, -0.15) is 15.0 Å². The van der Waals surface area contributed by atoms with Gasteiger partial charge in [0.25, 0.3) is 0 Å². The lowest BCUT2D eigenvalue weighted by molar-refractivity contribution is 0.311. The number of benzene rings is 1. The van der Waals surface area contributed by atoms with Crippen molar-refractivity contribution in [2.45, 2.75) is 13.3 Å². The van der Waals surface area contributed by atoms with Crippen molar-refractivity contribution >= 4 is 29.4 Å². The van der Waals surface area contributed by atoms with Gasteiger partial charge in [-0.1, -0.05) is 30.7 Å². The van der Waals surface area contributed by atoms with Gasteiger partial charge in [0, 0.05) is 49.4 Å². The molecule has 0 radical (unpaired) electrons. The lowest BCUT2D eigenvalue weighted by Gasteiger charge is -2.32. The van der Waals surface area contributed by atoms with Gasteiger partial charge in [0.1, 0.15) is 5.82 Å². The Morgan fingerprint density at radius 2 is 1.69 bits per heavy atom. The molecule has 9 heteroatoms. The van der Waals surface area contributed by atoms with E-state index in [2.05, 4.69) is 47.1 Å². The Bertz CT molecular complexity index is 970. The summed E-state index contributed by atoms with van der Waals surface area (Å²) in [6, 6.07) is 9.40. The maximum atomic E-state index is 5.98. The Morgan fingerprint density at radius 1 is 0.931 bits per heavy atom. The van der Waals surface area contributed by atoms with E-state index in [9.17, 15) is 0 Å². The number of halogens is 1. The molecule has 0 bridgehead atoms. The van der Waals surface area contributed by atoms with Crippen LogP contribution in [0.4, 0.5) is 17.8 Å². The van der Waals surface area contributed by atoms with Gasteiger partial charge in [-0.05, 0) is 25.2 Å². The molecule has 1 aromatic carbocycles. The predicted octanol–water partition coefficient (Wildman–Crippen LogP) is 3.04. The first kappa shape index (κ1) is 19.5. The highest BCUT2D eigenvalue weighted by Crippen LogP contribution is 2.21. The molecule has 8 nitrogen and oxygen atoms in total. The third kappa shape index (κ3) is 4.78. The van der Waals surface area contributed by atoms with Gasteiger partial charge in [0.05, 0.1) is 5.69 Å². The van der Waals surface area contributed by atoms with E-state index in [0.29, 0.717) is 22.9 Å². The molecular formula is C20H23ClN8. The highest BCUT2D eigenvalue weighted by atomic mass is 35.5. The van der Waals surface area contributed by atoms with Crippen LogP contribution in [0.3, 0.4) is 0 Å². The summed E-state index contributed by atoms with van der Waals surface area (Å²) < 4.78 is 0. The number of piperazine rings is 1. The van der Waals surface area contributed by atoms with Crippen LogP contribution in [0, 0.1) is 0 Å². The van der Waals surface area contributed by atoms with Crippen molar-refractivity contribution in [2.24, 2.45) is 0 Å². The first-order chi connectivity index (χ1) is 14.1. The highest BCUT2D eigenvalue weighted by Gasteiger charge is 2.18. The van der Waals surface area contributed by atoms with E-state index in [1.165, 1.54) is 0 Å². The van der Waals surface area contributed by atoms with Gasteiger partial charge in [-0.25, -0.2) is 9.97 Å². The third-order valence-corrected chi connectivity index (χ3v) is 5.04. The second-order valence-corrected chi connectivity index (χ2v) is 7.35. The lowest BCUT2D eigenvalue weighted by atomic mass is 10.1. The van der Waals surface area contributed by atoms with Crippen LogP contribution in [0.2, 0.25) is 5.02 Å². The van der Waals surface area contributed by atoms with Crippen molar-refractivity contribution in [2.75, 3.05) is 43.4 Å². The molecule has 29 heavy (non-hydrogen) atoms. The van der Waals surface area contributed by atoms with Gasteiger partial charge < -0.3 is 9.80 Å². The predicted molar refractivity (Wildman–Crippen MR) is 115 cm³/mol. The van der Waals surface area contributed by atoms with E-state index in [1.54, 1.807) is 6.20 Å². The molecule has 0 aliphatic carbocycles. The Morgan fingerprint density at radius 3 is 2.41 bits per heavy atom. The maximum absolute atomic E-state index is 5.98. The number of likely N-dealkylation sites (N-methyl/N-ethyl adjacent to an activating group) is 1. The van der Waals surface area contributed by atoms with E-state index in [0.717, 1.165) is 49.7 Å². The van der Waals surface area contributed by atoms with Gasteiger partial charge in [0.2, 0.25) is 17.8 Å². The van der Waals surface area contributed by atoms with Crippen LogP contribution in [0.25, 0.3) is 11.3 Å². The SMILES string of the molecule is CCc1nc(Nc2nccc(-c3ccc(Cl)cc3)n2)nc(N2CCN(C)CC2)n1. The normalized spacial score (nSPS) is 14.8. The van der Waals surface area contributed by atoms with Crippen LogP contribution >= 0.6 is 11.6 Å².